The predicted molar refractivity (Wildman–Crippen MR) is 110 cm³/mol. The van der Waals surface area contributed by atoms with Crippen molar-refractivity contribution in [2.45, 2.75) is 24.2 Å². The molecule has 0 aliphatic carbocycles. The van der Waals surface area contributed by atoms with Crippen molar-refractivity contribution in [2.24, 2.45) is 0 Å². The number of carbonyl (C=O) groups excluding carboxylic acids is 2. The zero-order chi connectivity index (χ0) is 21.7. The van der Waals surface area contributed by atoms with Gasteiger partial charge in [0, 0.05) is 16.0 Å². The van der Waals surface area contributed by atoms with E-state index in [0.29, 0.717) is 11.9 Å². The number of esters is 1. The maximum Gasteiger partial charge on any atom is 0.416 e. The number of halogens is 3. The number of hydrogen-bond donors (Lipinski definition) is 1. The van der Waals surface area contributed by atoms with Crippen LogP contribution >= 0.6 is 23.1 Å². The standard InChI is InChI=1S/C20H17F3N2O3S2/c1-28-17(26)6-8-30-19-15(18(27)24-11-14-3-2-7-29-14)9-12-4-5-13(20(21,22)23)10-16(12)25-19/h2-5,7,9-10H,6,8,11H2,1H3,(H,24,27). The van der Waals surface area contributed by atoms with E-state index < -0.39 is 23.6 Å². The highest BCUT2D eigenvalue weighted by molar-refractivity contribution is 7.99. The van der Waals surface area contributed by atoms with Crippen LogP contribution < -0.4 is 5.32 Å². The van der Waals surface area contributed by atoms with E-state index in [2.05, 4.69) is 15.0 Å². The number of benzene rings is 1. The number of pyridine rings is 1. The van der Waals surface area contributed by atoms with Crippen molar-refractivity contribution >= 4 is 45.9 Å². The number of nitrogens with zero attached hydrogens (tertiary/aromatic N) is 1. The summed E-state index contributed by atoms with van der Waals surface area (Å²) in [6.45, 7) is 0.327. The summed E-state index contributed by atoms with van der Waals surface area (Å²) in [5.41, 5.74) is -0.447. The first kappa shape index (κ1) is 22.1. The predicted octanol–water partition coefficient (Wildman–Crippen LogP) is 4.90. The van der Waals surface area contributed by atoms with E-state index in [0.717, 1.165) is 28.8 Å². The van der Waals surface area contributed by atoms with Gasteiger partial charge in [0.1, 0.15) is 5.03 Å². The van der Waals surface area contributed by atoms with Gasteiger partial charge in [-0.3, -0.25) is 9.59 Å². The molecule has 3 rings (SSSR count). The molecule has 0 aliphatic heterocycles. The van der Waals surface area contributed by atoms with Gasteiger partial charge in [0.2, 0.25) is 0 Å². The minimum absolute atomic E-state index is 0.0831. The topological polar surface area (TPSA) is 68.3 Å². The number of carbonyl (C=O) groups is 2. The number of methoxy groups -OCH3 is 1. The Labute approximate surface area is 178 Å². The van der Waals surface area contributed by atoms with E-state index in [1.165, 1.54) is 30.6 Å². The molecule has 5 nitrogen and oxygen atoms in total. The molecule has 30 heavy (non-hydrogen) atoms. The molecule has 0 radical (unpaired) electrons. The summed E-state index contributed by atoms with van der Waals surface area (Å²) in [4.78, 5) is 29.4. The summed E-state index contributed by atoms with van der Waals surface area (Å²) in [6, 6.07) is 8.48. The number of ether oxygens (including phenoxy) is 1. The third kappa shape index (κ3) is 5.51. The molecule has 10 heteroatoms. The summed E-state index contributed by atoms with van der Waals surface area (Å²) >= 11 is 2.62. The Morgan fingerprint density at radius 2 is 2.03 bits per heavy atom. The van der Waals surface area contributed by atoms with Crippen molar-refractivity contribution in [1.29, 1.82) is 0 Å². The Morgan fingerprint density at radius 3 is 2.70 bits per heavy atom. The molecule has 3 aromatic rings. The van der Waals surface area contributed by atoms with Crippen LogP contribution in [0, 0.1) is 0 Å². The Bertz CT molecular complexity index is 1050. The van der Waals surface area contributed by atoms with Crippen molar-refractivity contribution in [1.82, 2.24) is 10.3 Å². The normalized spacial score (nSPS) is 11.5. The summed E-state index contributed by atoms with van der Waals surface area (Å²) < 4.78 is 43.7. The van der Waals surface area contributed by atoms with Crippen LogP contribution in [0.5, 0.6) is 0 Å². The molecule has 158 valence electrons. The highest BCUT2D eigenvalue weighted by Crippen LogP contribution is 2.33. The fraction of sp³-hybridized carbons (Fsp3) is 0.250. The fourth-order valence-corrected chi connectivity index (χ4v) is 4.18. The van der Waals surface area contributed by atoms with Crippen molar-refractivity contribution in [2.75, 3.05) is 12.9 Å². The molecule has 0 unspecified atom stereocenters. The Balaban J connectivity index is 1.91. The molecular weight excluding hydrogens is 437 g/mol. The number of amides is 1. The number of thioether (sulfide) groups is 1. The maximum absolute atomic E-state index is 13.0. The van der Waals surface area contributed by atoms with Gasteiger partial charge in [-0.05, 0) is 29.6 Å². The fourth-order valence-electron chi connectivity index (χ4n) is 2.61. The van der Waals surface area contributed by atoms with E-state index in [-0.39, 0.29) is 28.3 Å². The molecule has 1 aromatic carbocycles. The smallest absolute Gasteiger partial charge is 0.416 e. The second kappa shape index (κ2) is 9.48. The molecule has 2 heterocycles. The van der Waals surface area contributed by atoms with Crippen LogP contribution in [0.2, 0.25) is 0 Å². The lowest BCUT2D eigenvalue weighted by atomic mass is 10.1. The van der Waals surface area contributed by atoms with Crippen LogP contribution in [-0.2, 0) is 22.3 Å². The van der Waals surface area contributed by atoms with Gasteiger partial charge in [0.25, 0.3) is 5.91 Å². The van der Waals surface area contributed by atoms with Gasteiger partial charge in [0.05, 0.1) is 36.7 Å². The number of alkyl halides is 3. The molecule has 0 saturated carbocycles. The number of nitrogens with one attached hydrogen (secondary N) is 1. The van der Waals surface area contributed by atoms with Crippen molar-refractivity contribution in [3.05, 3.63) is 57.8 Å². The minimum atomic E-state index is -4.50. The molecule has 0 spiro atoms. The van der Waals surface area contributed by atoms with Crippen LogP contribution in [-0.4, -0.2) is 29.7 Å². The third-order valence-corrected chi connectivity index (χ3v) is 6.00. The second-order valence-corrected chi connectivity index (χ2v) is 8.30. The summed E-state index contributed by atoms with van der Waals surface area (Å²) in [6.07, 6.45) is -4.41. The largest absolute Gasteiger partial charge is 0.469 e. The number of hydrogen-bond acceptors (Lipinski definition) is 6. The quantitative estimate of drug-likeness (QED) is 0.406. The zero-order valence-electron chi connectivity index (χ0n) is 15.8. The monoisotopic (exact) mass is 454 g/mol. The van der Waals surface area contributed by atoms with Gasteiger partial charge in [-0.15, -0.1) is 23.1 Å². The highest BCUT2D eigenvalue weighted by atomic mass is 32.2. The van der Waals surface area contributed by atoms with Gasteiger partial charge in [-0.25, -0.2) is 4.98 Å². The van der Waals surface area contributed by atoms with Crippen molar-refractivity contribution in [3.63, 3.8) is 0 Å². The average Bonchev–Trinajstić information content (AvgIpc) is 3.23. The van der Waals surface area contributed by atoms with Crippen molar-refractivity contribution in [3.8, 4) is 0 Å². The van der Waals surface area contributed by atoms with Crippen LogP contribution in [0.1, 0.15) is 27.2 Å². The maximum atomic E-state index is 13.0. The molecule has 0 bridgehead atoms. The number of thiophene rings is 1. The van der Waals surface area contributed by atoms with Crippen LogP contribution in [0.4, 0.5) is 13.2 Å². The van der Waals surface area contributed by atoms with E-state index in [4.69, 9.17) is 0 Å². The molecule has 0 aliphatic rings. The molecular formula is C20H17F3N2O3S2. The molecule has 0 saturated heterocycles. The van der Waals surface area contributed by atoms with Gasteiger partial charge in [-0.2, -0.15) is 13.2 Å². The first-order valence-electron chi connectivity index (χ1n) is 8.80. The highest BCUT2D eigenvalue weighted by Gasteiger charge is 2.30. The molecule has 1 amide bonds. The van der Waals surface area contributed by atoms with E-state index >= 15 is 0 Å². The van der Waals surface area contributed by atoms with E-state index in [1.807, 2.05) is 17.5 Å². The minimum Gasteiger partial charge on any atom is -0.469 e. The molecule has 2 aromatic heterocycles. The third-order valence-electron chi connectivity index (χ3n) is 4.13. The SMILES string of the molecule is COC(=O)CCSc1nc2cc(C(F)(F)F)ccc2cc1C(=O)NCc1cccs1. The Hall–Kier alpha value is -2.59. The summed E-state index contributed by atoms with van der Waals surface area (Å²) in [7, 11) is 1.27. The lowest BCUT2D eigenvalue weighted by Gasteiger charge is -2.12. The molecule has 0 fully saturated rings. The average molecular weight is 454 g/mol. The second-order valence-electron chi connectivity index (χ2n) is 6.18. The van der Waals surface area contributed by atoms with Gasteiger partial charge >= 0.3 is 12.1 Å². The van der Waals surface area contributed by atoms with E-state index in [9.17, 15) is 22.8 Å². The Morgan fingerprint density at radius 1 is 1.23 bits per heavy atom. The molecule has 0 atom stereocenters. The number of aromatic nitrogens is 1. The van der Waals surface area contributed by atoms with Gasteiger partial charge < -0.3 is 10.1 Å². The first-order valence-corrected chi connectivity index (χ1v) is 10.7. The lowest BCUT2D eigenvalue weighted by molar-refractivity contribution is -0.140. The lowest BCUT2D eigenvalue weighted by Crippen LogP contribution is -2.23. The van der Waals surface area contributed by atoms with Crippen molar-refractivity contribution < 1.29 is 27.5 Å². The summed E-state index contributed by atoms with van der Waals surface area (Å²) in [5.74, 6) is -0.542. The van der Waals surface area contributed by atoms with Gasteiger partial charge in [-0.1, -0.05) is 12.1 Å². The summed E-state index contributed by atoms with van der Waals surface area (Å²) in [5, 5.41) is 5.37. The Kier molecular flexibility index (Phi) is 6.99. The zero-order valence-corrected chi connectivity index (χ0v) is 17.4. The first-order chi connectivity index (χ1) is 14.3. The van der Waals surface area contributed by atoms with Gasteiger partial charge in [0.15, 0.2) is 0 Å². The van der Waals surface area contributed by atoms with E-state index in [1.54, 1.807) is 0 Å². The number of rotatable bonds is 7. The van der Waals surface area contributed by atoms with Crippen LogP contribution in [0.3, 0.4) is 0 Å². The van der Waals surface area contributed by atoms with Crippen LogP contribution in [0.15, 0.2) is 46.8 Å². The number of fused-ring (bicyclic) bond motifs is 1. The van der Waals surface area contributed by atoms with Crippen LogP contribution in [0.25, 0.3) is 10.9 Å². The molecule has 1 N–H and O–H groups in total.